The summed E-state index contributed by atoms with van der Waals surface area (Å²) in [6, 6.07) is 15.4. The minimum atomic E-state index is -0.0209. The lowest BCUT2D eigenvalue weighted by molar-refractivity contribution is -0.120. The summed E-state index contributed by atoms with van der Waals surface area (Å²) in [4.78, 5) is 11.9. The van der Waals surface area contributed by atoms with Crippen LogP contribution in [0.1, 0.15) is 31.9 Å². The molecule has 0 spiro atoms. The van der Waals surface area contributed by atoms with Crippen molar-refractivity contribution in [1.29, 1.82) is 0 Å². The Morgan fingerprint density at radius 2 is 1.75 bits per heavy atom. The Morgan fingerprint density at radius 1 is 1.08 bits per heavy atom. The van der Waals surface area contributed by atoms with Gasteiger partial charge in [-0.25, -0.2) is 0 Å². The molecule has 128 valence electrons. The second kappa shape index (κ2) is 7.86. The van der Waals surface area contributed by atoms with Gasteiger partial charge in [-0.2, -0.15) is 0 Å². The number of para-hydroxylation sites is 1. The molecule has 4 nitrogen and oxygen atoms in total. The molecule has 2 aromatic carbocycles. The third-order valence-corrected chi connectivity index (χ3v) is 3.72. The Kier molecular flexibility index (Phi) is 5.85. The first-order valence-electron chi connectivity index (χ1n) is 8.19. The van der Waals surface area contributed by atoms with E-state index in [0.717, 1.165) is 11.3 Å². The fraction of sp³-hybridized carbons (Fsp3) is 0.350. The van der Waals surface area contributed by atoms with Crippen molar-refractivity contribution in [3.8, 4) is 5.75 Å². The summed E-state index contributed by atoms with van der Waals surface area (Å²) >= 11 is 0. The number of benzene rings is 2. The highest BCUT2D eigenvalue weighted by atomic mass is 16.5. The molecule has 24 heavy (non-hydrogen) atoms. The largest absolute Gasteiger partial charge is 0.491 e. The van der Waals surface area contributed by atoms with E-state index in [0.29, 0.717) is 25.3 Å². The Hall–Kier alpha value is -2.49. The molecule has 0 bridgehead atoms. The molecule has 0 aliphatic rings. The zero-order valence-corrected chi connectivity index (χ0v) is 14.6. The van der Waals surface area contributed by atoms with Gasteiger partial charge in [-0.3, -0.25) is 4.79 Å². The van der Waals surface area contributed by atoms with Gasteiger partial charge in [0.05, 0.1) is 13.0 Å². The third-order valence-electron chi connectivity index (χ3n) is 3.72. The summed E-state index contributed by atoms with van der Waals surface area (Å²) in [5, 5.41) is 2.88. The number of carbonyl (C=O) groups is 1. The maximum Gasteiger partial charge on any atom is 0.224 e. The first-order chi connectivity index (χ1) is 11.4. The highest BCUT2D eigenvalue weighted by Crippen LogP contribution is 2.30. The number of ether oxygens (including phenoxy) is 1. The quantitative estimate of drug-likeness (QED) is 0.632. The molecule has 0 atom stereocenters. The van der Waals surface area contributed by atoms with Gasteiger partial charge in [0, 0.05) is 5.69 Å². The van der Waals surface area contributed by atoms with Crippen molar-refractivity contribution in [2.45, 2.75) is 32.6 Å². The van der Waals surface area contributed by atoms with Crippen molar-refractivity contribution in [3.05, 3.63) is 59.7 Å². The molecule has 0 aliphatic carbocycles. The van der Waals surface area contributed by atoms with Crippen LogP contribution in [0.5, 0.6) is 5.75 Å². The van der Waals surface area contributed by atoms with Gasteiger partial charge in [-0.05, 0) is 34.7 Å². The number of rotatable bonds is 6. The van der Waals surface area contributed by atoms with E-state index in [4.69, 9.17) is 10.5 Å². The molecule has 0 aliphatic heterocycles. The van der Waals surface area contributed by atoms with E-state index in [1.807, 2.05) is 30.3 Å². The minimum absolute atomic E-state index is 0.0209. The molecule has 0 aromatic heterocycles. The fourth-order valence-corrected chi connectivity index (χ4v) is 2.45. The highest BCUT2D eigenvalue weighted by Gasteiger charge is 2.18. The highest BCUT2D eigenvalue weighted by molar-refractivity contribution is 5.78. The standard InChI is InChI=1S/C20H26N2O2/c1-20(2,3)17-6-4-5-7-18(17)24-13-12-22-19(23)14-15-8-10-16(21)11-9-15/h4-11H,12-14,21H2,1-3H3,(H,22,23). The number of hydrogen-bond acceptors (Lipinski definition) is 3. The maximum absolute atomic E-state index is 11.9. The van der Waals surface area contributed by atoms with Gasteiger partial charge in [-0.15, -0.1) is 0 Å². The number of anilines is 1. The normalized spacial score (nSPS) is 11.1. The molecule has 0 saturated heterocycles. The lowest BCUT2D eigenvalue weighted by Crippen LogP contribution is -2.29. The lowest BCUT2D eigenvalue weighted by atomic mass is 9.86. The fourth-order valence-electron chi connectivity index (χ4n) is 2.45. The first-order valence-corrected chi connectivity index (χ1v) is 8.19. The van der Waals surface area contributed by atoms with Gasteiger partial charge in [0.1, 0.15) is 12.4 Å². The molecule has 0 radical (unpaired) electrons. The van der Waals surface area contributed by atoms with Crippen molar-refractivity contribution in [2.75, 3.05) is 18.9 Å². The molecule has 0 fully saturated rings. The van der Waals surface area contributed by atoms with Gasteiger partial charge in [-0.1, -0.05) is 51.1 Å². The van der Waals surface area contributed by atoms with Crippen molar-refractivity contribution >= 4 is 11.6 Å². The van der Waals surface area contributed by atoms with Crippen LogP contribution in [0.3, 0.4) is 0 Å². The van der Waals surface area contributed by atoms with Gasteiger partial charge >= 0.3 is 0 Å². The van der Waals surface area contributed by atoms with E-state index >= 15 is 0 Å². The number of nitrogen functional groups attached to an aromatic ring is 1. The Bertz CT molecular complexity index is 673. The number of carbonyl (C=O) groups excluding carboxylic acids is 1. The summed E-state index contributed by atoms with van der Waals surface area (Å²) < 4.78 is 5.85. The molecule has 2 aromatic rings. The van der Waals surface area contributed by atoms with Crippen molar-refractivity contribution in [2.24, 2.45) is 0 Å². The summed E-state index contributed by atoms with van der Waals surface area (Å²) in [5.74, 6) is 0.852. The first kappa shape index (κ1) is 17.9. The van der Waals surface area contributed by atoms with E-state index in [1.54, 1.807) is 12.1 Å². The van der Waals surface area contributed by atoms with Crippen molar-refractivity contribution < 1.29 is 9.53 Å². The topological polar surface area (TPSA) is 64.3 Å². The third kappa shape index (κ3) is 5.30. The van der Waals surface area contributed by atoms with E-state index in [2.05, 4.69) is 32.2 Å². The molecule has 4 heteroatoms. The summed E-state index contributed by atoms with van der Waals surface area (Å²) in [6.45, 7) is 7.39. The number of hydrogen-bond donors (Lipinski definition) is 2. The van der Waals surface area contributed by atoms with Crippen molar-refractivity contribution in [3.63, 3.8) is 0 Å². The van der Waals surface area contributed by atoms with Gasteiger partial charge < -0.3 is 15.8 Å². The molecule has 0 unspecified atom stereocenters. The maximum atomic E-state index is 11.9. The van der Waals surface area contributed by atoms with E-state index in [9.17, 15) is 4.79 Å². The number of nitrogens with one attached hydrogen (secondary N) is 1. The van der Waals surface area contributed by atoms with Crippen LogP contribution >= 0.6 is 0 Å². The predicted molar refractivity (Wildman–Crippen MR) is 98.2 cm³/mol. The Morgan fingerprint density at radius 3 is 2.42 bits per heavy atom. The van der Waals surface area contributed by atoms with E-state index < -0.39 is 0 Å². The van der Waals surface area contributed by atoms with Crippen LogP contribution in [0.25, 0.3) is 0 Å². The predicted octanol–water partition coefficient (Wildman–Crippen LogP) is 3.30. The van der Waals surface area contributed by atoms with Crippen LogP contribution in [-0.4, -0.2) is 19.1 Å². The second-order valence-electron chi connectivity index (χ2n) is 6.86. The molecule has 2 rings (SSSR count). The van der Waals surface area contributed by atoms with E-state index in [1.165, 1.54) is 5.56 Å². The van der Waals surface area contributed by atoms with Gasteiger partial charge in [0.25, 0.3) is 0 Å². The minimum Gasteiger partial charge on any atom is -0.491 e. The van der Waals surface area contributed by atoms with Crippen LogP contribution in [0, 0.1) is 0 Å². The molecule has 0 saturated carbocycles. The Labute approximate surface area is 144 Å². The van der Waals surface area contributed by atoms with Crippen LogP contribution < -0.4 is 15.8 Å². The Balaban J connectivity index is 1.79. The monoisotopic (exact) mass is 326 g/mol. The molecule has 0 heterocycles. The average molecular weight is 326 g/mol. The summed E-state index contributed by atoms with van der Waals surface area (Å²) in [7, 11) is 0. The number of nitrogens with two attached hydrogens (primary N) is 1. The van der Waals surface area contributed by atoms with Crippen LogP contribution in [-0.2, 0) is 16.6 Å². The molecular weight excluding hydrogens is 300 g/mol. The van der Waals surface area contributed by atoms with E-state index in [-0.39, 0.29) is 11.3 Å². The zero-order chi connectivity index (χ0) is 17.6. The number of amides is 1. The van der Waals surface area contributed by atoms with Crippen LogP contribution in [0.4, 0.5) is 5.69 Å². The van der Waals surface area contributed by atoms with Gasteiger partial charge in [0.2, 0.25) is 5.91 Å². The summed E-state index contributed by atoms with van der Waals surface area (Å²) in [5.41, 5.74) is 8.47. The molecule has 3 N–H and O–H groups in total. The van der Waals surface area contributed by atoms with Crippen LogP contribution in [0.15, 0.2) is 48.5 Å². The SMILES string of the molecule is CC(C)(C)c1ccccc1OCCNC(=O)Cc1ccc(N)cc1. The zero-order valence-electron chi connectivity index (χ0n) is 14.6. The lowest BCUT2D eigenvalue weighted by Gasteiger charge is -2.22. The summed E-state index contributed by atoms with van der Waals surface area (Å²) in [6.07, 6.45) is 0.346. The average Bonchev–Trinajstić information content (AvgIpc) is 2.53. The smallest absolute Gasteiger partial charge is 0.224 e. The van der Waals surface area contributed by atoms with Gasteiger partial charge in [0.15, 0.2) is 0 Å². The second-order valence-corrected chi connectivity index (χ2v) is 6.86. The van der Waals surface area contributed by atoms with Crippen LogP contribution in [0.2, 0.25) is 0 Å². The molecule has 1 amide bonds. The molecular formula is C20H26N2O2. The van der Waals surface area contributed by atoms with Crippen molar-refractivity contribution in [1.82, 2.24) is 5.32 Å².